The Hall–Kier alpha value is -1.77. The molecule has 1 heterocycles. The second kappa shape index (κ2) is 5.92. The SMILES string of the molecule is CCNc1c2c(nc3c(C)cc(OC)cc13)CCCCC2. The Bertz CT molecular complexity index is 664. The van der Waals surface area contributed by atoms with E-state index in [0.29, 0.717) is 0 Å². The van der Waals surface area contributed by atoms with Gasteiger partial charge in [0.15, 0.2) is 0 Å². The molecule has 0 bridgehead atoms. The molecule has 0 aliphatic heterocycles. The number of nitrogens with zero attached hydrogens (tertiary/aromatic N) is 1. The summed E-state index contributed by atoms with van der Waals surface area (Å²) in [6, 6.07) is 4.20. The van der Waals surface area contributed by atoms with Gasteiger partial charge in [0.1, 0.15) is 5.75 Å². The molecule has 0 radical (unpaired) electrons. The number of rotatable bonds is 3. The number of nitrogens with one attached hydrogen (secondary N) is 1. The fraction of sp³-hybridized carbons (Fsp3) is 0.500. The Morgan fingerprint density at radius 3 is 2.76 bits per heavy atom. The summed E-state index contributed by atoms with van der Waals surface area (Å²) in [6.45, 7) is 5.21. The topological polar surface area (TPSA) is 34.2 Å². The number of anilines is 1. The number of pyridine rings is 1. The van der Waals surface area contributed by atoms with Crippen LogP contribution in [0.25, 0.3) is 10.9 Å². The van der Waals surface area contributed by atoms with E-state index in [1.54, 1.807) is 7.11 Å². The maximum absolute atomic E-state index is 5.45. The van der Waals surface area contributed by atoms with E-state index < -0.39 is 0 Å². The number of aryl methyl sites for hydroxylation is 2. The monoisotopic (exact) mass is 284 g/mol. The zero-order chi connectivity index (χ0) is 14.8. The van der Waals surface area contributed by atoms with E-state index in [0.717, 1.165) is 30.7 Å². The molecule has 0 amide bonds. The van der Waals surface area contributed by atoms with E-state index in [2.05, 4.69) is 31.3 Å². The van der Waals surface area contributed by atoms with Gasteiger partial charge in [-0.1, -0.05) is 6.42 Å². The van der Waals surface area contributed by atoms with Crippen LogP contribution in [0.15, 0.2) is 12.1 Å². The van der Waals surface area contributed by atoms with Gasteiger partial charge in [-0.15, -0.1) is 0 Å². The normalized spacial score (nSPS) is 14.6. The lowest BCUT2D eigenvalue weighted by molar-refractivity contribution is 0.415. The van der Waals surface area contributed by atoms with E-state index in [-0.39, 0.29) is 0 Å². The molecule has 0 atom stereocenters. The van der Waals surface area contributed by atoms with Crippen LogP contribution in [0.2, 0.25) is 0 Å². The molecular formula is C18H24N2O. The maximum atomic E-state index is 5.45. The molecule has 3 nitrogen and oxygen atoms in total. The van der Waals surface area contributed by atoms with Crippen LogP contribution in [-0.2, 0) is 12.8 Å². The second-order valence-corrected chi connectivity index (χ2v) is 5.84. The summed E-state index contributed by atoms with van der Waals surface area (Å²) in [7, 11) is 1.73. The van der Waals surface area contributed by atoms with E-state index in [9.17, 15) is 0 Å². The average Bonchev–Trinajstić information content (AvgIpc) is 2.73. The molecule has 0 spiro atoms. The van der Waals surface area contributed by atoms with Crippen LogP contribution < -0.4 is 10.1 Å². The first-order valence-corrected chi connectivity index (χ1v) is 7.98. The summed E-state index contributed by atoms with van der Waals surface area (Å²) in [5.41, 5.74) is 6.31. The zero-order valence-corrected chi connectivity index (χ0v) is 13.3. The van der Waals surface area contributed by atoms with Crippen molar-refractivity contribution in [2.75, 3.05) is 19.0 Å². The largest absolute Gasteiger partial charge is 0.497 e. The molecule has 1 aromatic heterocycles. The first-order chi connectivity index (χ1) is 10.2. The lowest BCUT2D eigenvalue weighted by atomic mass is 9.99. The van der Waals surface area contributed by atoms with Crippen LogP contribution in [0.1, 0.15) is 43.0 Å². The zero-order valence-electron chi connectivity index (χ0n) is 13.3. The number of hydrogen-bond donors (Lipinski definition) is 1. The molecule has 21 heavy (non-hydrogen) atoms. The number of benzene rings is 1. The summed E-state index contributed by atoms with van der Waals surface area (Å²) in [4.78, 5) is 5.00. The fourth-order valence-electron chi connectivity index (χ4n) is 3.34. The summed E-state index contributed by atoms with van der Waals surface area (Å²) in [5.74, 6) is 0.912. The van der Waals surface area contributed by atoms with Crippen LogP contribution in [-0.4, -0.2) is 18.6 Å². The lowest BCUT2D eigenvalue weighted by Crippen LogP contribution is -2.07. The van der Waals surface area contributed by atoms with Crippen molar-refractivity contribution in [2.45, 2.75) is 46.0 Å². The Kier molecular flexibility index (Phi) is 4.00. The van der Waals surface area contributed by atoms with Crippen molar-refractivity contribution in [3.63, 3.8) is 0 Å². The number of aromatic nitrogens is 1. The third-order valence-corrected chi connectivity index (χ3v) is 4.37. The molecule has 2 aromatic rings. The van der Waals surface area contributed by atoms with Crippen molar-refractivity contribution in [3.05, 3.63) is 29.0 Å². The quantitative estimate of drug-likeness (QED) is 0.855. The minimum atomic E-state index is 0.912. The van der Waals surface area contributed by atoms with Gasteiger partial charge in [0.25, 0.3) is 0 Å². The van der Waals surface area contributed by atoms with Crippen LogP contribution in [0.4, 0.5) is 5.69 Å². The first kappa shape index (κ1) is 14.2. The number of fused-ring (bicyclic) bond motifs is 2. The Morgan fingerprint density at radius 2 is 2.00 bits per heavy atom. The van der Waals surface area contributed by atoms with E-state index in [1.165, 1.54) is 47.2 Å². The van der Waals surface area contributed by atoms with Gasteiger partial charge >= 0.3 is 0 Å². The molecule has 1 aliphatic rings. The van der Waals surface area contributed by atoms with Crippen molar-refractivity contribution < 1.29 is 4.74 Å². The van der Waals surface area contributed by atoms with Crippen molar-refractivity contribution in [1.29, 1.82) is 0 Å². The van der Waals surface area contributed by atoms with Crippen molar-refractivity contribution >= 4 is 16.6 Å². The highest BCUT2D eigenvalue weighted by Crippen LogP contribution is 2.36. The molecule has 3 heteroatoms. The van der Waals surface area contributed by atoms with Gasteiger partial charge in [0.05, 0.1) is 12.6 Å². The Morgan fingerprint density at radius 1 is 1.19 bits per heavy atom. The Labute approximate surface area is 126 Å². The van der Waals surface area contributed by atoms with Gasteiger partial charge in [0.2, 0.25) is 0 Å². The number of methoxy groups -OCH3 is 1. The van der Waals surface area contributed by atoms with Gasteiger partial charge in [-0.25, -0.2) is 0 Å². The second-order valence-electron chi connectivity index (χ2n) is 5.84. The smallest absolute Gasteiger partial charge is 0.119 e. The first-order valence-electron chi connectivity index (χ1n) is 7.98. The highest BCUT2D eigenvalue weighted by Gasteiger charge is 2.18. The molecule has 0 unspecified atom stereocenters. The average molecular weight is 284 g/mol. The van der Waals surface area contributed by atoms with Crippen LogP contribution in [0.5, 0.6) is 5.75 Å². The molecule has 0 saturated carbocycles. The van der Waals surface area contributed by atoms with Gasteiger partial charge < -0.3 is 10.1 Å². The summed E-state index contributed by atoms with van der Waals surface area (Å²) in [6.07, 6.45) is 6.07. The van der Waals surface area contributed by atoms with Gasteiger partial charge in [-0.05, 0) is 62.8 Å². The van der Waals surface area contributed by atoms with Crippen LogP contribution in [0.3, 0.4) is 0 Å². The standard InChI is InChI=1S/C18H24N2O/c1-4-19-18-14-8-6-5-7-9-16(14)20-17-12(2)10-13(21-3)11-15(17)18/h10-11H,4-9H2,1-3H3,(H,19,20). The number of hydrogen-bond acceptors (Lipinski definition) is 3. The minimum Gasteiger partial charge on any atom is -0.497 e. The number of ether oxygens (including phenoxy) is 1. The van der Waals surface area contributed by atoms with E-state index >= 15 is 0 Å². The predicted octanol–water partition coefficient (Wildman–Crippen LogP) is 4.25. The van der Waals surface area contributed by atoms with Gasteiger partial charge in [0, 0.05) is 23.3 Å². The third kappa shape index (κ3) is 2.57. The lowest BCUT2D eigenvalue weighted by Gasteiger charge is -2.18. The molecule has 0 saturated heterocycles. The fourth-order valence-corrected chi connectivity index (χ4v) is 3.34. The molecule has 1 aliphatic carbocycles. The predicted molar refractivity (Wildman–Crippen MR) is 88.5 cm³/mol. The summed E-state index contributed by atoms with van der Waals surface area (Å²) in [5, 5.41) is 4.79. The molecule has 3 rings (SSSR count). The molecule has 1 aromatic carbocycles. The minimum absolute atomic E-state index is 0.912. The van der Waals surface area contributed by atoms with Crippen molar-refractivity contribution in [2.24, 2.45) is 0 Å². The summed E-state index contributed by atoms with van der Waals surface area (Å²) >= 11 is 0. The highest BCUT2D eigenvalue weighted by molar-refractivity contribution is 5.96. The van der Waals surface area contributed by atoms with E-state index in [4.69, 9.17) is 9.72 Å². The van der Waals surface area contributed by atoms with Crippen molar-refractivity contribution in [1.82, 2.24) is 4.98 Å². The molecule has 0 fully saturated rings. The Balaban J connectivity index is 2.31. The third-order valence-electron chi connectivity index (χ3n) is 4.37. The summed E-state index contributed by atoms with van der Waals surface area (Å²) < 4.78 is 5.45. The van der Waals surface area contributed by atoms with Crippen molar-refractivity contribution in [3.8, 4) is 5.75 Å². The van der Waals surface area contributed by atoms with Crippen LogP contribution >= 0.6 is 0 Å². The van der Waals surface area contributed by atoms with E-state index in [1.807, 2.05) is 0 Å². The maximum Gasteiger partial charge on any atom is 0.119 e. The van der Waals surface area contributed by atoms with Gasteiger partial charge in [-0.3, -0.25) is 4.98 Å². The molecular weight excluding hydrogens is 260 g/mol. The molecule has 112 valence electrons. The van der Waals surface area contributed by atoms with Gasteiger partial charge in [-0.2, -0.15) is 0 Å². The highest BCUT2D eigenvalue weighted by atomic mass is 16.5. The van der Waals surface area contributed by atoms with Crippen LogP contribution in [0, 0.1) is 6.92 Å². The molecule has 1 N–H and O–H groups in total.